The zero-order valence-electron chi connectivity index (χ0n) is 9.08. The van der Waals surface area contributed by atoms with Crippen molar-refractivity contribution in [3.63, 3.8) is 0 Å². The molecule has 0 saturated carbocycles. The first-order valence-electron chi connectivity index (χ1n) is 5.50. The molecule has 0 radical (unpaired) electrons. The van der Waals surface area contributed by atoms with Crippen molar-refractivity contribution >= 4 is 17.5 Å². The van der Waals surface area contributed by atoms with Crippen LogP contribution in [0.3, 0.4) is 0 Å². The summed E-state index contributed by atoms with van der Waals surface area (Å²) in [5.74, 6) is 0.0560. The maximum atomic E-state index is 12.2. The van der Waals surface area contributed by atoms with Crippen LogP contribution in [0.15, 0.2) is 18.2 Å². The highest BCUT2D eigenvalue weighted by Crippen LogP contribution is 2.22. The minimum absolute atomic E-state index is 0.0560. The van der Waals surface area contributed by atoms with Gasteiger partial charge in [0, 0.05) is 30.2 Å². The number of aryl methyl sites for hydroxylation is 1. The average molecular weight is 239 g/mol. The molecule has 0 spiro atoms. The van der Waals surface area contributed by atoms with Crippen LogP contribution in [0.25, 0.3) is 0 Å². The number of amides is 1. The largest absolute Gasteiger partial charge is 0.337 e. The number of carbonyl (C=O) groups is 1. The maximum absolute atomic E-state index is 12.2. The van der Waals surface area contributed by atoms with Gasteiger partial charge in [0.1, 0.15) is 0 Å². The van der Waals surface area contributed by atoms with Crippen LogP contribution in [0.1, 0.15) is 22.3 Å². The zero-order valence-corrected chi connectivity index (χ0v) is 9.83. The van der Waals surface area contributed by atoms with Crippen LogP contribution < -0.4 is 5.73 Å². The highest BCUT2D eigenvalue weighted by molar-refractivity contribution is 6.31. The third-order valence-corrected chi connectivity index (χ3v) is 3.10. The molecule has 2 N–H and O–H groups in total. The molecule has 2 rings (SSSR count). The van der Waals surface area contributed by atoms with E-state index in [0.717, 1.165) is 30.5 Å². The number of hydrogen-bond donors (Lipinski definition) is 1. The van der Waals surface area contributed by atoms with Crippen molar-refractivity contribution in [1.29, 1.82) is 0 Å². The highest BCUT2D eigenvalue weighted by atomic mass is 35.5. The molecular weight excluding hydrogens is 224 g/mol. The number of carbonyl (C=O) groups excluding carboxylic acids is 1. The molecule has 0 atom stereocenters. The number of rotatable bonds is 2. The van der Waals surface area contributed by atoms with Crippen LogP contribution in [-0.2, 0) is 6.42 Å². The Labute approximate surface area is 100 Å². The fourth-order valence-electron chi connectivity index (χ4n) is 2.07. The quantitative estimate of drug-likeness (QED) is 0.852. The van der Waals surface area contributed by atoms with Gasteiger partial charge in [0.15, 0.2) is 0 Å². The number of nitrogens with zero attached hydrogens (tertiary/aromatic N) is 1. The Morgan fingerprint density at radius 2 is 2.25 bits per heavy atom. The van der Waals surface area contributed by atoms with Crippen molar-refractivity contribution in [3.05, 3.63) is 34.3 Å². The van der Waals surface area contributed by atoms with Crippen LogP contribution in [-0.4, -0.2) is 30.4 Å². The monoisotopic (exact) mass is 238 g/mol. The van der Waals surface area contributed by atoms with E-state index in [1.54, 1.807) is 6.07 Å². The second-order valence-corrected chi connectivity index (χ2v) is 4.42. The lowest BCUT2D eigenvalue weighted by molar-refractivity contribution is 0.0766. The molecule has 1 amide bonds. The summed E-state index contributed by atoms with van der Waals surface area (Å²) in [6.45, 7) is 1.90. The third kappa shape index (κ3) is 2.20. The van der Waals surface area contributed by atoms with Gasteiger partial charge in [-0.1, -0.05) is 17.7 Å². The topological polar surface area (TPSA) is 46.3 Å². The molecule has 0 fully saturated rings. The first kappa shape index (κ1) is 11.4. The molecule has 0 bridgehead atoms. The number of hydrogen-bond acceptors (Lipinski definition) is 2. The normalized spacial score (nSPS) is 15.9. The predicted octanol–water partition coefficient (Wildman–Crippen LogP) is 1.69. The van der Waals surface area contributed by atoms with Crippen molar-refractivity contribution < 1.29 is 4.79 Å². The first-order valence-corrected chi connectivity index (χ1v) is 5.88. The Morgan fingerprint density at radius 1 is 1.44 bits per heavy atom. The fraction of sp³-hybridized carbons (Fsp3) is 0.417. The van der Waals surface area contributed by atoms with Crippen LogP contribution >= 0.6 is 11.6 Å². The smallest absolute Gasteiger partial charge is 0.254 e. The molecule has 16 heavy (non-hydrogen) atoms. The molecule has 1 aliphatic rings. The maximum Gasteiger partial charge on any atom is 0.254 e. The Morgan fingerprint density at radius 3 is 3.00 bits per heavy atom. The molecule has 1 aromatic rings. The third-order valence-electron chi connectivity index (χ3n) is 2.86. The second kappa shape index (κ2) is 4.85. The van der Waals surface area contributed by atoms with Crippen molar-refractivity contribution in [2.75, 3.05) is 19.6 Å². The lowest BCUT2D eigenvalue weighted by atomic mass is 10.0. The Kier molecular flexibility index (Phi) is 3.46. The predicted molar refractivity (Wildman–Crippen MR) is 64.7 cm³/mol. The Hall–Kier alpha value is -1.06. The minimum Gasteiger partial charge on any atom is -0.337 e. The molecule has 0 aromatic heterocycles. The standard InChI is InChI=1S/C12H15ClN2O/c13-10-4-3-9-2-1-6-15(7-5-14)12(16)11(9)8-10/h3-4,8H,1-2,5-7,14H2. The van der Waals surface area contributed by atoms with E-state index < -0.39 is 0 Å². The summed E-state index contributed by atoms with van der Waals surface area (Å²) in [6, 6.07) is 5.54. The first-order chi connectivity index (χ1) is 7.72. The van der Waals surface area contributed by atoms with E-state index in [1.165, 1.54) is 0 Å². The van der Waals surface area contributed by atoms with Crippen molar-refractivity contribution in [1.82, 2.24) is 4.90 Å². The SMILES string of the molecule is NCCN1CCCc2ccc(Cl)cc2C1=O. The molecule has 1 heterocycles. The summed E-state index contributed by atoms with van der Waals surface area (Å²) in [6.07, 6.45) is 1.92. The van der Waals surface area contributed by atoms with Gasteiger partial charge in [-0.2, -0.15) is 0 Å². The van der Waals surface area contributed by atoms with Crippen LogP contribution in [0.2, 0.25) is 5.02 Å². The van der Waals surface area contributed by atoms with E-state index in [9.17, 15) is 4.79 Å². The number of fused-ring (bicyclic) bond motifs is 1. The molecule has 0 unspecified atom stereocenters. The van der Waals surface area contributed by atoms with Gasteiger partial charge in [-0.3, -0.25) is 4.79 Å². The van der Waals surface area contributed by atoms with Crippen molar-refractivity contribution in [2.45, 2.75) is 12.8 Å². The van der Waals surface area contributed by atoms with E-state index >= 15 is 0 Å². The molecule has 3 nitrogen and oxygen atoms in total. The Bertz CT molecular complexity index is 406. The lowest BCUT2D eigenvalue weighted by Crippen LogP contribution is -2.35. The number of halogens is 1. The van der Waals surface area contributed by atoms with Gasteiger partial charge >= 0.3 is 0 Å². The summed E-state index contributed by atoms with van der Waals surface area (Å²) < 4.78 is 0. The average Bonchev–Trinajstić information content (AvgIpc) is 2.42. The molecule has 4 heteroatoms. The van der Waals surface area contributed by atoms with Crippen LogP contribution in [0.5, 0.6) is 0 Å². The van der Waals surface area contributed by atoms with Gasteiger partial charge in [-0.05, 0) is 30.5 Å². The molecule has 0 saturated heterocycles. The summed E-state index contributed by atoms with van der Waals surface area (Å²) in [5.41, 5.74) is 7.33. The summed E-state index contributed by atoms with van der Waals surface area (Å²) in [5, 5.41) is 0.613. The van der Waals surface area contributed by atoms with Gasteiger partial charge in [0.05, 0.1) is 0 Å². The second-order valence-electron chi connectivity index (χ2n) is 3.99. The minimum atomic E-state index is 0.0560. The van der Waals surface area contributed by atoms with Gasteiger partial charge < -0.3 is 10.6 Å². The summed E-state index contributed by atoms with van der Waals surface area (Å²) >= 11 is 5.92. The van der Waals surface area contributed by atoms with E-state index in [0.29, 0.717) is 18.1 Å². The Balaban J connectivity index is 2.35. The van der Waals surface area contributed by atoms with E-state index in [1.807, 2.05) is 17.0 Å². The van der Waals surface area contributed by atoms with Crippen molar-refractivity contribution in [3.8, 4) is 0 Å². The van der Waals surface area contributed by atoms with E-state index in [4.69, 9.17) is 17.3 Å². The van der Waals surface area contributed by atoms with Crippen LogP contribution in [0.4, 0.5) is 0 Å². The summed E-state index contributed by atoms with van der Waals surface area (Å²) in [4.78, 5) is 14.0. The van der Waals surface area contributed by atoms with E-state index in [2.05, 4.69) is 0 Å². The number of nitrogens with two attached hydrogens (primary N) is 1. The van der Waals surface area contributed by atoms with Gasteiger partial charge in [-0.25, -0.2) is 0 Å². The fourth-order valence-corrected chi connectivity index (χ4v) is 2.24. The summed E-state index contributed by atoms with van der Waals surface area (Å²) in [7, 11) is 0. The number of benzene rings is 1. The molecular formula is C12H15ClN2O. The lowest BCUT2D eigenvalue weighted by Gasteiger charge is -2.19. The van der Waals surface area contributed by atoms with E-state index in [-0.39, 0.29) is 5.91 Å². The van der Waals surface area contributed by atoms with Gasteiger partial charge in [0.25, 0.3) is 5.91 Å². The van der Waals surface area contributed by atoms with Crippen LogP contribution in [0, 0.1) is 0 Å². The molecule has 1 aromatic carbocycles. The molecule has 0 aliphatic carbocycles. The molecule has 1 aliphatic heterocycles. The molecule has 86 valence electrons. The van der Waals surface area contributed by atoms with Gasteiger partial charge in [0.2, 0.25) is 0 Å². The van der Waals surface area contributed by atoms with Crippen molar-refractivity contribution in [2.24, 2.45) is 5.73 Å². The van der Waals surface area contributed by atoms with Gasteiger partial charge in [-0.15, -0.1) is 0 Å². The highest BCUT2D eigenvalue weighted by Gasteiger charge is 2.21. The zero-order chi connectivity index (χ0) is 11.5.